The molecule has 0 unspecified atom stereocenters. The topological polar surface area (TPSA) is 135 Å². The summed E-state index contributed by atoms with van der Waals surface area (Å²) in [6.07, 6.45) is 59.9. The van der Waals surface area contributed by atoms with Crippen LogP contribution in [-0.4, -0.2) is 74.2 Å². The molecule has 7 nitrogen and oxygen atoms in total. The third-order valence-corrected chi connectivity index (χ3v) is 25.6. The zero-order chi connectivity index (χ0) is 52.4. The lowest BCUT2D eigenvalue weighted by molar-refractivity contribution is -0.256. The van der Waals surface area contributed by atoms with Gasteiger partial charge in [-0.05, 0) is 98.9 Å². The number of benzene rings is 2. The quantitative estimate of drug-likeness (QED) is 0.0397. The van der Waals surface area contributed by atoms with Gasteiger partial charge in [-0.3, -0.25) is 4.55 Å². The zero-order valence-corrected chi connectivity index (χ0v) is 49.5. The summed E-state index contributed by atoms with van der Waals surface area (Å²) in [5.74, 6) is -3.16. The second kappa shape index (κ2) is 43.8. The molecule has 0 atom stereocenters. The molecular weight excluding hydrogens is 927 g/mol. The third-order valence-electron chi connectivity index (χ3n) is 14.6. The summed E-state index contributed by atoms with van der Waals surface area (Å²) in [6, 6.07) is 5.07. The Bertz CT molecular complexity index is 1600. The van der Waals surface area contributed by atoms with Crippen molar-refractivity contribution in [2.45, 2.75) is 266 Å². The largest absolute Gasteiger partial charge is 0.545 e. The van der Waals surface area contributed by atoms with E-state index in [2.05, 4.69) is 55.4 Å². The van der Waals surface area contributed by atoms with Crippen LogP contribution in [-0.2, 0) is 10.1 Å². The SMILES string of the molecule is CCCCCCCCCCCC[P+](CCCC)(CCCC)CCCC.CCCCCCCCCCCC[P+](CCCC)(CCCC)CCCC.O=C([O-])c1ccc2c(S(=O)(=O)O)cc(C(=O)[O-])cc2c1. The molecule has 0 amide bonds. The Balaban J connectivity index is 0.00000103. The maximum absolute atomic E-state index is 11.3. The van der Waals surface area contributed by atoms with Gasteiger partial charge in [0.2, 0.25) is 0 Å². The van der Waals surface area contributed by atoms with Crippen molar-refractivity contribution in [3.05, 3.63) is 41.5 Å². The van der Waals surface area contributed by atoms with E-state index in [1.807, 2.05) is 0 Å². The van der Waals surface area contributed by atoms with Crippen LogP contribution in [0.4, 0.5) is 0 Å². The molecule has 70 heavy (non-hydrogen) atoms. The number of unbranched alkanes of at least 4 members (excludes halogenated alkanes) is 24. The second-order valence-electron chi connectivity index (χ2n) is 20.9. The van der Waals surface area contributed by atoms with E-state index in [1.54, 1.807) is 62.1 Å². The van der Waals surface area contributed by atoms with Crippen LogP contribution in [0.5, 0.6) is 0 Å². The zero-order valence-electron chi connectivity index (χ0n) is 46.9. The van der Waals surface area contributed by atoms with Gasteiger partial charge >= 0.3 is 0 Å². The van der Waals surface area contributed by atoms with E-state index >= 15 is 0 Å². The minimum absolute atomic E-state index is 0.0116. The molecule has 10 heteroatoms. The molecule has 0 bridgehead atoms. The predicted octanol–water partition coefficient (Wildman–Crippen LogP) is 17.5. The van der Waals surface area contributed by atoms with Crippen molar-refractivity contribution in [1.29, 1.82) is 0 Å². The molecule has 0 saturated heterocycles. The Kier molecular flexibility index (Phi) is 42.8. The average Bonchev–Trinajstić information content (AvgIpc) is 3.35. The van der Waals surface area contributed by atoms with Crippen LogP contribution in [0.1, 0.15) is 282 Å². The van der Waals surface area contributed by atoms with Crippen LogP contribution in [0.2, 0.25) is 0 Å². The van der Waals surface area contributed by atoms with E-state index in [0.29, 0.717) is 0 Å². The summed E-state index contributed by atoms with van der Waals surface area (Å²) >= 11 is 0. The average molecular weight is 1040 g/mol. The Morgan fingerprint density at radius 3 is 0.914 bits per heavy atom. The van der Waals surface area contributed by atoms with Crippen molar-refractivity contribution >= 4 is 47.4 Å². The van der Waals surface area contributed by atoms with Gasteiger partial charge in [0.05, 0.1) is 61.2 Å². The monoisotopic (exact) mass is 1040 g/mol. The van der Waals surface area contributed by atoms with Gasteiger partial charge in [-0.25, -0.2) is 0 Å². The Hall–Kier alpha value is -1.59. The van der Waals surface area contributed by atoms with Crippen LogP contribution >= 0.6 is 14.5 Å². The van der Waals surface area contributed by atoms with E-state index < -0.39 is 47.0 Å². The van der Waals surface area contributed by atoms with Crippen LogP contribution in [0.25, 0.3) is 10.8 Å². The number of carboxylic acid groups (broad SMARTS) is 2. The highest BCUT2D eigenvalue weighted by Crippen LogP contribution is 2.62. The van der Waals surface area contributed by atoms with Gasteiger partial charge in [0, 0.05) is 19.9 Å². The molecule has 0 aromatic heterocycles. The molecule has 0 aliphatic rings. The molecule has 0 aliphatic carbocycles. The number of carboxylic acids is 2. The van der Waals surface area contributed by atoms with Crippen molar-refractivity contribution in [3.8, 4) is 0 Å². The first-order valence-electron chi connectivity index (χ1n) is 29.4. The summed E-state index contributed by atoms with van der Waals surface area (Å²) in [6.45, 7) is 18.9. The van der Waals surface area contributed by atoms with Gasteiger partial charge in [-0.15, -0.1) is 0 Å². The van der Waals surface area contributed by atoms with Crippen molar-refractivity contribution in [3.63, 3.8) is 0 Å². The summed E-state index contributed by atoms with van der Waals surface area (Å²) in [4.78, 5) is 20.9. The van der Waals surface area contributed by atoms with Gasteiger partial charge in [-0.1, -0.05) is 209 Å². The lowest BCUT2D eigenvalue weighted by Gasteiger charge is -2.28. The number of carbonyl (C=O) groups is 2. The molecule has 0 fully saturated rings. The fourth-order valence-electron chi connectivity index (χ4n) is 9.97. The highest BCUT2D eigenvalue weighted by atomic mass is 32.2. The van der Waals surface area contributed by atoms with Gasteiger partial charge in [-0.2, -0.15) is 8.42 Å². The molecule has 408 valence electrons. The number of carbonyl (C=O) groups excluding carboxylic acids is 2. The van der Waals surface area contributed by atoms with E-state index in [-0.39, 0.29) is 16.3 Å². The highest BCUT2D eigenvalue weighted by molar-refractivity contribution is 7.86. The fourth-order valence-corrected chi connectivity index (χ4v) is 21.1. The summed E-state index contributed by atoms with van der Waals surface area (Å²) in [5.41, 5.74) is -0.755. The maximum Gasteiger partial charge on any atom is 0.295 e. The van der Waals surface area contributed by atoms with Gasteiger partial charge in [0.15, 0.2) is 0 Å². The Morgan fingerprint density at radius 1 is 0.386 bits per heavy atom. The van der Waals surface area contributed by atoms with Gasteiger partial charge in [0.1, 0.15) is 4.90 Å². The van der Waals surface area contributed by atoms with Gasteiger partial charge in [0.25, 0.3) is 10.1 Å². The molecule has 0 heterocycles. The van der Waals surface area contributed by atoms with Crippen molar-refractivity contribution < 1.29 is 32.8 Å². The third kappa shape index (κ3) is 32.6. The van der Waals surface area contributed by atoms with Crippen LogP contribution in [0.15, 0.2) is 35.2 Å². The van der Waals surface area contributed by atoms with E-state index in [9.17, 15) is 28.2 Å². The van der Waals surface area contributed by atoms with E-state index in [4.69, 9.17) is 4.55 Å². The number of rotatable bonds is 43. The predicted molar refractivity (Wildman–Crippen MR) is 308 cm³/mol. The smallest absolute Gasteiger partial charge is 0.295 e. The van der Waals surface area contributed by atoms with Crippen LogP contribution in [0.3, 0.4) is 0 Å². The first-order valence-corrected chi connectivity index (χ1v) is 35.9. The minimum Gasteiger partial charge on any atom is -0.545 e. The molecule has 0 radical (unpaired) electrons. The number of hydrogen-bond acceptors (Lipinski definition) is 6. The molecule has 0 spiro atoms. The summed E-state index contributed by atoms with van der Waals surface area (Å²) in [7, 11) is -5.91. The number of aromatic carboxylic acids is 2. The standard InChI is InChI=1S/2C24H52P.C12H8O7S/c2*1-5-9-13-14-15-16-17-18-19-20-24-25(21-10-6-2,22-11-7-3)23-12-8-4;13-11(14)6-1-2-9-7(3-6)4-8(12(15)16)5-10(9)20(17,18)19/h2*5-24H2,1-4H3;1-5H,(H,13,14)(H,15,16)(H,17,18,19)/q2*+1;/p-2. The molecule has 0 saturated carbocycles. The maximum atomic E-state index is 11.3. The lowest BCUT2D eigenvalue weighted by Crippen LogP contribution is -2.23. The first kappa shape index (κ1) is 68.4. The normalized spacial score (nSPS) is 11.8. The molecule has 2 aromatic rings. The lowest BCUT2D eigenvalue weighted by atomic mass is 10.0. The van der Waals surface area contributed by atoms with E-state index in [1.165, 1.54) is 193 Å². The van der Waals surface area contributed by atoms with Crippen LogP contribution in [0, 0.1) is 0 Å². The summed E-state index contributed by atoms with van der Waals surface area (Å²) in [5, 5.41) is 21.6. The first-order chi connectivity index (χ1) is 33.7. The van der Waals surface area contributed by atoms with Crippen LogP contribution < -0.4 is 10.2 Å². The minimum atomic E-state index is -4.67. The molecule has 2 aromatic carbocycles. The summed E-state index contributed by atoms with van der Waals surface area (Å²) < 4.78 is 31.6. The number of hydrogen-bond donors (Lipinski definition) is 1. The Labute approximate surface area is 434 Å². The van der Waals surface area contributed by atoms with Crippen molar-refractivity contribution in [2.24, 2.45) is 0 Å². The van der Waals surface area contributed by atoms with E-state index in [0.717, 1.165) is 30.3 Å². The Morgan fingerprint density at radius 2 is 0.643 bits per heavy atom. The molecule has 1 N–H and O–H groups in total. The highest BCUT2D eigenvalue weighted by Gasteiger charge is 2.35. The molecule has 0 aliphatic heterocycles. The second-order valence-corrected chi connectivity index (χ2v) is 31.3. The van der Waals surface area contributed by atoms with Gasteiger partial charge < -0.3 is 19.8 Å². The van der Waals surface area contributed by atoms with Crippen molar-refractivity contribution in [2.75, 3.05) is 49.3 Å². The van der Waals surface area contributed by atoms with Crippen molar-refractivity contribution in [1.82, 2.24) is 0 Å². The fraction of sp³-hybridized carbons (Fsp3) is 0.800. The molecule has 2 rings (SSSR count). The number of fused-ring (bicyclic) bond motifs is 1. The molecular formula is C60H110O7P2S.